The SMILES string of the molecule is C=C(C)C(=O)OCCOC(=O)C(C)(CO)CO. The monoisotopic (exact) mass is 246 g/mol. The zero-order valence-electron chi connectivity index (χ0n) is 10.1. The van der Waals surface area contributed by atoms with Gasteiger partial charge in [0.15, 0.2) is 0 Å². The van der Waals surface area contributed by atoms with E-state index < -0.39 is 30.6 Å². The van der Waals surface area contributed by atoms with Gasteiger partial charge >= 0.3 is 11.9 Å². The highest BCUT2D eigenvalue weighted by atomic mass is 16.6. The van der Waals surface area contributed by atoms with Crippen LogP contribution in [0.5, 0.6) is 0 Å². The van der Waals surface area contributed by atoms with Crippen LogP contribution in [-0.4, -0.2) is 48.6 Å². The molecule has 6 nitrogen and oxygen atoms in total. The number of rotatable bonds is 7. The largest absolute Gasteiger partial charge is 0.462 e. The molecule has 0 fully saturated rings. The molecule has 98 valence electrons. The van der Waals surface area contributed by atoms with Crippen LogP contribution in [0.1, 0.15) is 13.8 Å². The smallest absolute Gasteiger partial charge is 0.333 e. The topological polar surface area (TPSA) is 93.1 Å². The lowest BCUT2D eigenvalue weighted by Crippen LogP contribution is -2.37. The second-order valence-electron chi connectivity index (χ2n) is 3.93. The number of ether oxygens (including phenoxy) is 2. The summed E-state index contributed by atoms with van der Waals surface area (Å²) in [5, 5.41) is 17.8. The molecule has 0 rings (SSSR count). The molecule has 6 heteroatoms. The summed E-state index contributed by atoms with van der Waals surface area (Å²) in [6, 6.07) is 0. The van der Waals surface area contributed by atoms with Crippen LogP contribution in [-0.2, 0) is 19.1 Å². The molecule has 0 aliphatic carbocycles. The molecule has 0 aliphatic rings. The number of aliphatic hydroxyl groups excluding tert-OH is 2. The third kappa shape index (κ3) is 4.97. The first-order valence-corrected chi connectivity index (χ1v) is 5.09. The Hall–Kier alpha value is -1.40. The van der Waals surface area contributed by atoms with Crippen LogP contribution in [0.4, 0.5) is 0 Å². The molecule has 17 heavy (non-hydrogen) atoms. The maximum Gasteiger partial charge on any atom is 0.333 e. The Morgan fingerprint density at radius 3 is 2.06 bits per heavy atom. The van der Waals surface area contributed by atoms with Gasteiger partial charge in [-0.05, 0) is 13.8 Å². The summed E-state index contributed by atoms with van der Waals surface area (Å²) in [4.78, 5) is 22.4. The Morgan fingerprint density at radius 1 is 1.18 bits per heavy atom. The number of hydrogen-bond donors (Lipinski definition) is 2. The average molecular weight is 246 g/mol. The van der Waals surface area contributed by atoms with E-state index in [9.17, 15) is 9.59 Å². The van der Waals surface area contributed by atoms with Crippen molar-refractivity contribution in [2.75, 3.05) is 26.4 Å². The molecule has 2 N–H and O–H groups in total. The molecule has 0 aromatic rings. The van der Waals surface area contributed by atoms with Crippen molar-refractivity contribution >= 4 is 11.9 Å². The normalized spacial score (nSPS) is 10.8. The van der Waals surface area contributed by atoms with Crippen LogP contribution in [0.2, 0.25) is 0 Å². The first-order chi connectivity index (χ1) is 7.87. The maximum atomic E-state index is 11.4. The van der Waals surface area contributed by atoms with E-state index in [2.05, 4.69) is 6.58 Å². The fourth-order valence-corrected chi connectivity index (χ4v) is 0.745. The highest BCUT2D eigenvalue weighted by Gasteiger charge is 2.33. The van der Waals surface area contributed by atoms with Crippen molar-refractivity contribution in [3.8, 4) is 0 Å². The van der Waals surface area contributed by atoms with Crippen LogP contribution in [0.3, 0.4) is 0 Å². The van der Waals surface area contributed by atoms with Crippen molar-refractivity contribution in [3.05, 3.63) is 12.2 Å². The molecule has 0 bridgehead atoms. The van der Waals surface area contributed by atoms with E-state index in [0.29, 0.717) is 0 Å². The summed E-state index contributed by atoms with van der Waals surface area (Å²) in [5.74, 6) is -1.30. The van der Waals surface area contributed by atoms with E-state index in [1.54, 1.807) is 0 Å². The van der Waals surface area contributed by atoms with Gasteiger partial charge in [-0.3, -0.25) is 4.79 Å². The average Bonchev–Trinajstić information content (AvgIpc) is 2.32. The van der Waals surface area contributed by atoms with Gasteiger partial charge in [0.2, 0.25) is 0 Å². The summed E-state index contributed by atoms with van der Waals surface area (Å²) in [7, 11) is 0. The molecule has 0 unspecified atom stereocenters. The number of hydrogen-bond acceptors (Lipinski definition) is 6. The minimum atomic E-state index is -1.33. The van der Waals surface area contributed by atoms with Crippen LogP contribution < -0.4 is 0 Å². The Labute approximate surface area is 99.8 Å². The predicted octanol–water partition coefficient (Wildman–Crippen LogP) is -0.360. The minimum Gasteiger partial charge on any atom is -0.462 e. The number of carbonyl (C=O) groups is 2. The molecule has 0 atom stereocenters. The van der Waals surface area contributed by atoms with E-state index >= 15 is 0 Å². The second kappa shape index (κ2) is 7.03. The first kappa shape index (κ1) is 15.6. The molecule has 0 spiro atoms. The molecule has 0 aliphatic heterocycles. The van der Waals surface area contributed by atoms with Gasteiger partial charge in [-0.25, -0.2) is 4.79 Å². The maximum absolute atomic E-state index is 11.4. The predicted molar refractivity (Wildman–Crippen MR) is 59.0 cm³/mol. The van der Waals surface area contributed by atoms with Crippen molar-refractivity contribution in [3.63, 3.8) is 0 Å². The molecule has 0 saturated heterocycles. The van der Waals surface area contributed by atoms with E-state index in [-0.39, 0.29) is 18.8 Å². The van der Waals surface area contributed by atoms with Crippen molar-refractivity contribution in [1.29, 1.82) is 0 Å². The standard InChI is InChI=1S/C11H18O6/c1-8(2)9(14)16-4-5-17-10(15)11(3,6-12)7-13/h12-13H,1,4-7H2,2-3H3. The third-order valence-electron chi connectivity index (χ3n) is 2.09. The first-order valence-electron chi connectivity index (χ1n) is 5.09. The van der Waals surface area contributed by atoms with Crippen molar-refractivity contribution in [1.82, 2.24) is 0 Å². The summed E-state index contributed by atoms with van der Waals surface area (Å²) in [5.41, 5.74) is -1.08. The fourth-order valence-electron chi connectivity index (χ4n) is 0.745. The summed E-state index contributed by atoms with van der Waals surface area (Å²) in [6.45, 7) is 5.00. The minimum absolute atomic E-state index is 0.0929. The van der Waals surface area contributed by atoms with E-state index in [1.807, 2.05) is 0 Å². The van der Waals surface area contributed by atoms with Gasteiger partial charge < -0.3 is 19.7 Å². The molecule has 0 radical (unpaired) electrons. The van der Waals surface area contributed by atoms with Crippen LogP contribution >= 0.6 is 0 Å². The van der Waals surface area contributed by atoms with Gasteiger partial charge in [-0.1, -0.05) is 6.58 Å². The summed E-state index contributed by atoms with van der Waals surface area (Å²) < 4.78 is 9.45. The molecular formula is C11H18O6. The van der Waals surface area contributed by atoms with Gasteiger partial charge in [-0.2, -0.15) is 0 Å². The fraction of sp³-hybridized carbons (Fsp3) is 0.636. The Bertz CT molecular complexity index is 292. The van der Waals surface area contributed by atoms with Gasteiger partial charge in [0.25, 0.3) is 0 Å². The third-order valence-corrected chi connectivity index (χ3v) is 2.09. The van der Waals surface area contributed by atoms with E-state index in [4.69, 9.17) is 19.7 Å². The van der Waals surface area contributed by atoms with Gasteiger partial charge in [0.1, 0.15) is 18.6 Å². The number of carbonyl (C=O) groups excluding carboxylic acids is 2. The highest BCUT2D eigenvalue weighted by molar-refractivity contribution is 5.86. The van der Waals surface area contributed by atoms with E-state index in [0.717, 1.165) is 0 Å². The van der Waals surface area contributed by atoms with Gasteiger partial charge in [-0.15, -0.1) is 0 Å². The molecule has 0 aromatic carbocycles. The Balaban J connectivity index is 3.94. The number of esters is 2. The highest BCUT2D eigenvalue weighted by Crippen LogP contribution is 2.16. The summed E-state index contributed by atoms with van der Waals surface area (Å²) >= 11 is 0. The molecular weight excluding hydrogens is 228 g/mol. The van der Waals surface area contributed by atoms with Gasteiger partial charge in [0, 0.05) is 5.57 Å². The Kier molecular flexibility index (Phi) is 6.45. The number of aliphatic hydroxyl groups is 2. The lowest BCUT2D eigenvalue weighted by molar-refractivity contribution is -0.163. The zero-order chi connectivity index (χ0) is 13.5. The molecule has 0 heterocycles. The molecule has 0 amide bonds. The lowest BCUT2D eigenvalue weighted by Gasteiger charge is -2.21. The van der Waals surface area contributed by atoms with Crippen LogP contribution in [0.15, 0.2) is 12.2 Å². The zero-order valence-corrected chi connectivity index (χ0v) is 10.1. The Morgan fingerprint density at radius 2 is 1.65 bits per heavy atom. The van der Waals surface area contributed by atoms with Gasteiger partial charge in [0.05, 0.1) is 13.2 Å². The van der Waals surface area contributed by atoms with Crippen LogP contribution in [0, 0.1) is 5.41 Å². The van der Waals surface area contributed by atoms with Crippen molar-refractivity contribution < 1.29 is 29.3 Å². The van der Waals surface area contributed by atoms with Crippen LogP contribution in [0.25, 0.3) is 0 Å². The second-order valence-corrected chi connectivity index (χ2v) is 3.93. The summed E-state index contributed by atoms with van der Waals surface area (Å²) in [6.07, 6.45) is 0. The quantitative estimate of drug-likeness (QED) is 0.362. The van der Waals surface area contributed by atoms with Crippen molar-refractivity contribution in [2.45, 2.75) is 13.8 Å². The molecule has 0 aromatic heterocycles. The van der Waals surface area contributed by atoms with Crippen molar-refractivity contribution in [2.24, 2.45) is 5.41 Å². The lowest BCUT2D eigenvalue weighted by atomic mass is 9.93. The van der Waals surface area contributed by atoms with E-state index in [1.165, 1.54) is 13.8 Å². The molecule has 0 saturated carbocycles.